The van der Waals surface area contributed by atoms with Gasteiger partial charge in [0.05, 0.1) is 5.88 Å². The normalized spacial score (nSPS) is 11.4. The van der Waals surface area contributed by atoms with Crippen molar-refractivity contribution in [3.63, 3.8) is 0 Å². The van der Waals surface area contributed by atoms with Gasteiger partial charge < -0.3 is 10.6 Å². The SMILES string of the molecule is C=CC(=O)NC(CCl)NC=O. The van der Waals surface area contributed by atoms with Crippen LogP contribution < -0.4 is 10.6 Å². The Balaban J connectivity index is 3.75. The lowest BCUT2D eigenvalue weighted by molar-refractivity contribution is -0.117. The third-order valence-corrected chi connectivity index (χ3v) is 1.23. The molecular formula is C6H9ClN2O2. The molecule has 0 radical (unpaired) electrons. The lowest BCUT2D eigenvalue weighted by Gasteiger charge is -2.12. The number of alkyl halides is 1. The lowest BCUT2D eigenvalue weighted by Crippen LogP contribution is -2.45. The van der Waals surface area contributed by atoms with E-state index in [0.29, 0.717) is 6.41 Å². The van der Waals surface area contributed by atoms with E-state index in [1.165, 1.54) is 0 Å². The molecule has 0 fully saturated rings. The monoisotopic (exact) mass is 176 g/mol. The van der Waals surface area contributed by atoms with Crippen LogP contribution in [0.15, 0.2) is 12.7 Å². The van der Waals surface area contributed by atoms with Crippen molar-refractivity contribution in [3.8, 4) is 0 Å². The van der Waals surface area contributed by atoms with Crippen molar-refractivity contribution in [1.29, 1.82) is 0 Å². The van der Waals surface area contributed by atoms with Gasteiger partial charge in [-0.2, -0.15) is 0 Å². The van der Waals surface area contributed by atoms with Crippen molar-refractivity contribution < 1.29 is 9.59 Å². The van der Waals surface area contributed by atoms with Gasteiger partial charge in [-0.1, -0.05) is 6.58 Å². The molecule has 11 heavy (non-hydrogen) atoms. The predicted molar refractivity (Wildman–Crippen MR) is 42.0 cm³/mol. The van der Waals surface area contributed by atoms with Crippen LogP contribution in [0.1, 0.15) is 0 Å². The van der Waals surface area contributed by atoms with E-state index in [1.54, 1.807) is 0 Å². The fourth-order valence-electron chi connectivity index (χ4n) is 0.438. The van der Waals surface area contributed by atoms with E-state index in [4.69, 9.17) is 11.6 Å². The summed E-state index contributed by atoms with van der Waals surface area (Å²) in [6, 6.07) is 0. The largest absolute Gasteiger partial charge is 0.337 e. The summed E-state index contributed by atoms with van der Waals surface area (Å²) in [7, 11) is 0. The number of hydrogen-bond acceptors (Lipinski definition) is 2. The molecule has 2 N–H and O–H groups in total. The van der Waals surface area contributed by atoms with Crippen molar-refractivity contribution in [2.45, 2.75) is 6.17 Å². The van der Waals surface area contributed by atoms with Crippen LogP contribution in [0.2, 0.25) is 0 Å². The smallest absolute Gasteiger partial charge is 0.245 e. The number of halogens is 1. The van der Waals surface area contributed by atoms with E-state index >= 15 is 0 Å². The zero-order valence-corrected chi connectivity index (χ0v) is 6.60. The summed E-state index contributed by atoms with van der Waals surface area (Å²) in [5.74, 6) is -0.247. The molecule has 5 heteroatoms. The molecular weight excluding hydrogens is 168 g/mol. The number of carbonyl (C=O) groups is 2. The first-order valence-corrected chi connectivity index (χ1v) is 3.46. The fraction of sp³-hybridized carbons (Fsp3) is 0.333. The molecule has 0 spiro atoms. The second-order valence-electron chi connectivity index (χ2n) is 1.70. The first-order chi connectivity index (χ1) is 5.24. The summed E-state index contributed by atoms with van der Waals surface area (Å²) in [6.45, 7) is 3.24. The van der Waals surface area contributed by atoms with Crippen molar-refractivity contribution >= 4 is 23.9 Å². The molecule has 0 aliphatic heterocycles. The van der Waals surface area contributed by atoms with E-state index in [1.807, 2.05) is 0 Å². The minimum Gasteiger partial charge on any atom is -0.337 e. The van der Waals surface area contributed by atoms with Gasteiger partial charge in [0.1, 0.15) is 6.17 Å². The van der Waals surface area contributed by atoms with E-state index < -0.39 is 6.17 Å². The molecule has 0 aromatic heterocycles. The van der Waals surface area contributed by atoms with Crippen molar-refractivity contribution in [2.24, 2.45) is 0 Å². The highest BCUT2D eigenvalue weighted by atomic mass is 35.5. The maximum Gasteiger partial charge on any atom is 0.245 e. The minimum atomic E-state index is -0.528. The second-order valence-corrected chi connectivity index (χ2v) is 2.01. The lowest BCUT2D eigenvalue weighted by atomic mass is 10.5. The zero-order chi connectivity index (χ0) is 8.69. The molecule has 0 aliphatic carbocycles. The highest BCUT2D eigenvalue weighted by molar-refractivity contribution is 6.18. The van der Waals surface area contributed by atoms with Gasteiger partial charge in [-0.3, -0.25) is 9.59 Å². The Labute approximate surface area is 69.6 Å². The molecule has 1 atom stereocenters. The molecule has 0 saturated carbocycles. The van der Waals surface area contributed by atoms with E-state index in [-0.39, 0.29) is 11.8 Å². The summed E-state index contributed by atoms with van der Waals surface area (Å²) >= 11 is 5.38. The summed E-state index contributed by atoms with van der Waals surface area (Å²) in [5, 5.41) is 4.69. The Morgan fingerprint density at radius 1 is 1.73 bits per heavy atom. The number of hydrogen-bond donors (Lipinski definition) is 2. The summed E-state index contributed by atoms with van der Waals surface area (Å²) in [4.78, 5) is 20.5. The van der Waals surface area contributed by atoms with Crippen LogP contribution in [0.5, 0.6) is 0 Å². The average Bonchev–Trinajstić information content (AvgIpc) is 2.03. The molecule has 0 aromatic carbocycles. The van der Waals surface area contributed by atoms with E-state index in [0.717, 1.165) is 6.08 Å². The summed E-state index contributed by atoms with van der Waals surface area (Å²) in [6.07, 6.45) is 1.04. The van der Waals surface area contributed by atoms with Crippen LogP contribution in [0.3, 0.4) is 0 Å². The van der Waals surface area contributed by atoms with Crippen LogP contribution in [0, 0.1) is 0 Å². The maximum absolute atomic E-state index is 10.6. The second kappa shape index (κ2) is 5.73. The molecule has 2 amide bonds. The van der Waals surface area contributed by atoms with Gasteiger partial charge in [0.25, 0.3) is 0 Å². The van der Waals surface area contributed by atoms with Crippen LogP contribution in [0.25, 0.3) is 0 Å². The maximum atomic E-state index is 10.6. The molecule has 1 unspecified atom stereocenters. The number of rotatable bonds is 5. The number of nitrogens with one attached hydrogen (secondary N) is 2. The molecule has 62 valence electrons. The molecule has 0 heterocycles. The predicted octanol–water partition coefficient (Wildman–Crippen LogP) is -0.401. The molecule has 4 nitrogen and oxygen atoms in total. The van der Waals surface area contributed by atoms with Gasteiger partial charge in [-0.15, -0.1) is 11.6 Å². The Kier molecular flexibility index (Phi) is 5.20. The quantitative estimate of drug-likeness (QED) is 0.259. The minimum absolute atomic E-state index is 0.123. The fourth-order valence-corrected chi connectivity index (χ4v) is 0.604. The molecule has 0 saturated heterocycles. The third-order valence-electron chi connectivity index (χ3n) is 0.925. The van der Waals surface area contributed by atoms with Gasteiger partial charge in [-0.25, -0.2) is 0 Å². The van der Waals surface area contributed by atoms with Crippen molar-refractivity contribution in [3.05, 3.63) is 12.7 Å². The Hall–Kier alpha value is -1.03. The van der Waals surface area contributed by atoms with Gasteiger partial charge in [0, 0.05) is 0 Å². The number of amides is 2. The third kappa shape index (κ3) is 4.38. The van der Waals surface area contributed by atoms with Crippen LogP contribution in [-0.2, 0) is 9.59 Å². The highest BCUT2D eigenvalue weighted by Gasteiger charge is 2.05. The van der Waals surface area contributed by atoms with Crippen molar-refractivity contribution in [1.82, 2.24) is 10.6 Å². The molecule has 0 aliphatic rings. The van der Waals surface area contributed by atoms with Gasteiger partial charge in [0.15, 0.2) is 0 Å². The van der Waals surface area contributed by atoms with Crippen LogP contribution in [-0.4, -0.2) is 24.4 Å². The molecule has 0 aromatic rings. The van der Waals surface area contributed by atoms with Gasteiger partial charge in [0.2, 0.25) is 12.3 Å². The first kappa shape index (κ1) is 9.97. The Morgan fingerprint density at radius 2 is 2.36 bits per heavy atom. The summed E-state index contributed by atoms with van der Waals surface area (Å²) < 4.78 is 0. The molecule has 0 rings (SSSR count). The Morgan fingerprint density at radius 3 is 2.73 bits per heavy atom. The average molecular weight is 177 g/mol. The first-order valence-electron chi connectivity index (χ1n) is 2.93. The zero-order valence-electron chi connectivity index (χ0n) is 5.84. The number of carbonyl (C=O) groups excluding carboxylic acids is 2. The van der Waals surface area contributed by atoms with Gasteiger partial charge in [-0.05, 0) is 6.08 Å². The van der Waals surface area contributed by atoms with Crippen LogP contribution >= 0.6 is 11.6 Å². The molecule has 0 bridgehead atoms. The standard InChI is InChI=1S/C6H9ClN2O2/c1-2-6(11)9-5(3-7)8-4-10/h2,4-5H,1,3H2,(H,8,10)(H,9,11). The van der Waals surface area contributed by atoms with Crippen molar-refractivity contribution in [2.75, 3.05) is 5.88 Å². The highest BCUT2D eigenvalue weighted by Crippen LogP contribution is 1.82. The summed E-state index contributed by atoms with van der Waals surface area (Å²) in [5.41, 5.74) is 0. The van der Waals surface area contributed by atoms with Gasteiger partial charge >= 0.3 is 0 Å². The van der Waals surface area contributed by atoms with E-state index in [9.17, 15) is 9.59 Å². The Bertz CT molecular complexity index is 161. The van der Waals surface area contributed by atoms with Crippen LogP contribution in [0.4, 0.5) is 0 Å². The van der Waals surface area contributed by atoms with E-state index in [2.05, 4.69) is 17.2 Å². The topological polar surface area (TPSA) is 58.2 Å².